The first-order valence-corrected chi connectivity index (χ1v) is 11.0. The highest BCUT2D eigenvalue weighted by Crippen LogP contribution is 2.39. The van der Waals surface area contributed by atoms with Crippen molar-refractivity contribution in [1.29, 1.82) is 0 Å². The minimum Gasteiger partial charge on any atom is -0.469 e. The van der Waals surface area contributed by atoms with E-state index in [0.717, 1.165) is 19.4 Å². The van der Waals surface area contributed by atoms with Crippen molar-refractivity contribution in [3.63, 3.8) is 0 Å². The molecule has 2 aliphatic heterocycles. The van der Waals surface area contributed by atoms with Crippen LogP contribution in [0.4, 0.5) is 0 Å². The lowest BCUT2D eigenvalue weighted by atomic mass is 9.82. The number of carbonyl (C=O) groups is 1. The number of likely N-dealkylation sites (tertiary alicyclic amines) is 1. The number of hydroxylamine groups is 2. The molecular formula is C24H38N2O3. The normalized spacial score (nSPS) is 28.2. The lowest BCUT2D eigenvalue weighted by Gasteiger charge is -2.51. The van der Waals surface area contributed by atoms with Gasteiger partial charge < -0.3 is 4.74 Å². The van der Waals surface area contributed by atoms with Gasteiger partial charge in [0.2, 0.25) is 0 Å². The Bertz CT molecular complexity index is 673. The monoisotopic (exact) mass is 402 g/mol. The van der Waals surface area contributed by atoms with Gasteiger partial charge in [-0.25, -0.2) is 0 Å². The number of hydrogen-bond donors (Lipinski definition) is 0. The molecule has 1 aromatic carbocycles. The molecule has 2 heterocycles. The number of carbonyl (C=O) groups excluding carboxylic acids is 1. The average Bonchev–Trinajstić information content (AvgIpc) is 3.10. The predicted molar refractivity (Wildman–Crippen MR) is 115 cm³/mol. The summed E-state index contributed by atoms with van der Waals surface area (Å²) in [5.74, 6) is -0.150. The average molecular weight is 403 g/mol. The summed E-state index contributed by atoms with van der Waals surface area (Å²) in [5, 5.41) is 2.20. The third-order valence-corrected chi connectivity index (χ3v) is 6.90. The topological polar surface area (TPSA) is 42.0 Å². The van der Waals surface area contributed by atoms with E-state index in [0.29, 0.717) is 13.2 Å². The number of piperidine rings is 1. The summed E-state index contributed by atoms with van der Waals surface area (Å²) in [6, 6.07) is 10.7. The highest BCUT2D eigenvalue weighted by molar-refractivity contribution is 5.73. The fourth-order valence-corrected chi connectivity index (χ4v) is 5.25. The Kier molecular flexibility index (Phi) is 6.71. The van der Waals surface area contributed by atoms with Crippen molar-refractivity contribution in [1.82, 2.24) is 9.96 Å². The van der Waals surface area contributed by atoms with Crippen LogP contribution in [0.5, 0.6) is 0 Å². The van der Waals surface area contributed by atoms with E-state index in [2.05, 4.69) is 68.8 Å². The van der Waals surface area contributed by atoms with Gasteiger partial charge in [0.05, 0.1) is 19.6 Å². The van der Waals surface area contributed by atoms with Gasteiger partial charge in [-0.15, -0.1) is 0 Å². The number of methoxy groups -OCH3 is 1. The maximum absolute atomic E-state index is 12.5. The van der Waals surface area contributed by atoms with Crippen LogP contribution in [0.3, 0.4) is 0 Å². The Morgan fingerprint density at radius 3 is 2.31 bits per heavy atom. The second kappa shape index (κ2) is 8.75. The summed E-state index contributed by atoms with van der Waals surface area (Å²) in [7, 11) is 1.49. The molecule has 2 saturated heterocycles. The van der Waals surface area contributed by atoms with E-state index in [-0.39, 0.29) is 34.9 Å². The molecule has 3 rings (SSSR count). The Morgan fingerprint density at radius 2 is 1.72 bits per heavy atom. The first-order valence-electron chi connectivity index (χ1n) is 11.0. The first kappa shape index (κ1) is 22.3. The van der Waals surface area contributed by atoms with E-state index >= 15 is 0 Å². The van der Waals surface area contributed by atoms with Crippen molar-refractivity contribution in [2.24, 2.45) is 11.8 Å². The van der Waals surface area contributed by atoms with Crippen LogP contribution in [0.25, 0.3) is 0 Å². The number of rotatable bonds is 6. The van der Waals surface area contributed by atoms with Crippen molar-refractivity contribution < 1.29 is 14.4 Å². The summed E-state index contributed by atoms with van der Waals surface area (Å²) in [5.41, 5.74) is 1.27. The van der Waals surface area contributed by atoms with Crippen LogP contribution in [0.2, 0.25) is 0 Å². The summed E-state index contributed by atoms with van der Waals surface area (Å²) < 4.78 is 5.14. The van der Waals surface area contributed by atoms with Gasteiger partial charge in [-0.3, -0.25) is 14.5 Å². The van der Waals surface area contributed by atoms with Crippen molar-refractivity contribution in [2.75, 3.05) is 26.8 Å². The van der Waals surface area contributed by atoms with Crippen molar-refractivity contribution >= 4 is 5.97 Å². The number of hydrogen-bond acceptors (Lipinski definition) is 5. The standard InChI is InChI=1S/C24H38N2O3/c1-18(19-11-8-7-9-12-19)25-15-20(21(16-25)22(27)28-6)17-29-26-23(2,3)13-10-14-24(26,4)5/h7-9,11-12,18,20-21H,10,13-17H2,1-6H3/t18-,20-,21-/m1/s1. The predicted octanol–water partition coefficient (Wildman–Crippen LogP) is 4.44. The molecule has 0 radical (unpaired) electrons. The molecule has 29 heavy (non-hydrogen) atoms. The van der Waals surface area contributed by atoms with Gasteiger partial charge in [0.15, 0.2) is 0 Å². The zero-order chi connectivity index (χ0) is 21.2. The van der Waals surface area contributed by atoms with Gasteiger partial charge in [-0.05, 0) is 59.4 Å². The Balaban J connectivity index is 1.71. The third kappa shape index (κ3) is 4.84. The molecular weight excluding hydrogens is 364 g/mol. The number of benzene rings is 1. The lowest BCUT2D eigenvalue weighted by Crippen LogP contribution is -2.58. The fraction of sp³-hybridized carbons (Fsp3) is 0.708. The molecule has 162 valence electrons. The van der Waals surface area contributed by atoms with E-state index in [9.17, 15) is 4.79 Å². The Labute approximate surface area is 176 Å². The molecule has 5 nitrogen and oxygen atoms in total. The SMILES string of the molecule is COC(=O)[C@@H]1CN([C@H](C)c2ccccc2)C[C@@H]1CON1C(C)(C)CCCC1(C)C. The molecule has 1 aromatic rings. The van der Waals surface area contributed by atoms with Crippen LogP contribution in [0, 0.1) is 11.8 Å². The summed E-state index contributed by atoms with van der Waals surface area (Å²) in [4.78, 5) is 21.4. The highest BCUT2D eigenvalue weighted by Gasteiger charge is 2.45. The van der Waals surface area contributed by atoms with Gasteiger partial charge >= 0.3 is 5.97 Å². The number of ether oxygens (including phenoxy) is 1. The molecule has 0 amide bonds. The second-order valence-corrected chi connectivity index (χ2v) is 10.00. The minimum absolute atomic E-state index is 0.00185. The maximum atomic E-state index is 12.5. The van der Waals surface area contributed by atoms with Crippen LogP contribution in [-0.4, -0.2) is 53.8 Å². The Hall–Kier alpha value is -1.43. The number of esters is 1. The van der Waals surface area contributed by atoms with Crippen LogP contribution in [0.1, 0.15) is 65.5 Å². The molecule has 0 saturated carbocycles. The summed E-state index contributed by atoms with van der Waals surface area (Å²) in [6.45, 7) is 13.3. The number of nitrogens with zero attached hydrogens (tertiary/aromatic N) is 2. The van der Waals surface area contributed by atoms with Crippen molar-refractivity contribution in [2.45, 2.75) is 71.0 Å². The molecule has 0 N–H and O–H groups in total. The van der Waals surface area contributed by atoms with Crippen LogP contribution in [0.15, 0.2) is 30.3 Å². The van der Waals surface area contributed by atoms with E-state index in [1.807, 2.05) is 6.07 Å². The van der Waals surface area contributed by atoms with E-state index in [1.54, 1.807) is 0 Å². The zero-order valence-electron chi connectivity index (χ0n) is 19.0. The van der Waals surface area contributed by atoms with Crippen molar-refractivity contribution in [3.8, 4) is 0 Å². The van der Waals surface area contributed by atoms with Gasteiger partial charge in [0.25, 0.3) is 0 Å². The van der Waals surface area contributed by atoms with Gasteiger partial charge in [-0.1, -0.05) is 30.3 Å². The first-order chi connectivity index (χ1) is 13.7. The highest BCUT2D eigenvalue weighted by atomic mass is 16.7. The summed E-state index contributed by atoms with van der Waals surface area (Å²) in [6.07, 6.45) is 3.47. The molecule has 0 aliphatic carbocycles. The molecule has 3 atom stereocenters. The molecule has 0 aromatic heterocycles. The zero-order valence-corrected chi connectivity index (χ0v) is 19.0. The molecule has 0 unspecified atom stereocenters. The quantitative estimate of drug-likeness (QED) is 0.658. The van der Waals surface area contributed by atoms with Gasteiger partial charge in [-0.2, -0.15) is 5.06 Å². The molecule has 0 bridgehead atoms. The van der Waals surface area contributed by atoms with Crippen LogP contribution in [-0.2, 0) is 14.4 Å². The fourth-order valence-electron chi connectivity index (χ4n) is 5.25. The molecule has 2 fully saturated rings. The summed E-state index contributed by atoms with van der Waals surface area (Å²) >= 11 is 0. The second-order valence-electron chi connectivity index (χ2n) is 10.00. The van der Waals surface area contributed by atoms with Crippen molar-refractivity contribution in [3.05, 3.63) is 35.9 Å². The van der Waals surface area contributed by atoms with E-state index in [4.69, 9.17) is 9.57 Å². The van der Waals surface area contributed by atoms with Crippen LogP contribution >= 0.6 is 0 Å². The van der Waals surface area contributed by atoms with E-state index in [1.165, 1.54) is 19.1 Å². The third-order valence-electron chi connectivity index (χ3n) is 6.90. The smallest absolute Gasteiger partial charge is 0.310 e. The van der Waals surface area contributed by atoms with Gasteiger partial charge in [0, 0.05) is 36.1 Å². The molecule has 0 spiro atoms. The maximum Gasteiger partial charge on any atom is 0.310 e. The molecule has 2 aliphatic rings. The minimum atomic E-state index is -0.151. The lowest BCUT2D eigenvalue weighted by molar-refractivity contribution is -0.286. The molecule has 5 heteroatoms. The Morgan fingerprint density at radius 1 is 1.10 bits per heavy atom. The van der Waals surface area contributed by atoms with E-state index < -0.39 is 0 Å². The van der Waals surface area contributed by atoms with Crippen LogP contribution < -0.4 is 0 Å². The van der Waals surface area contributed by atoms with Gasteiger partial charge in [0.1, 0.15) is 0 Å². The largest absolute Gasteiger partial charge is 0.469 e.